The summed E-state index contributed by atoms with van der Waals surface area (Å²) in [6, 6.07) is 23.1. The highest BCUT2D eigenvalue weighted by Crippen LogP contribution is 2.31. The first kappa shape index (κ1) is 17.8. The predicted octanol–water partition coefficient (Wildman–Crippen LogP) is 5.36. The lowest BCUT2D eigenvalue weighted by Crippen LogP contribution is -2.15. The van der Waals surface area contributed by atoms with Crippen molar-refractivity contribution in [2.75, 3.05) is 0 Å². The minimum atomic E-state index is -0.201. The Kier molecular flexibility index (Phi) is 5.78. The number of nitrogens with zero attached hydrogens (tertiary/aromatic N) is 2. The molecule has 2 aromatic rings. The third-order valence-corrected chi connectivity index (χ3v) is 4.47. The van der Waals surface area contributed by atoms with E-state index in [-0.39, 0.29) is 17.3 Å². The summed E-state index contributed by atoms with van der Waals surface area (Å²) in [6.07, 6.45) is 1.03. The SMILES string of the molecule is CC(C)(C)c1ccc(CC(C#N)C(CC#N)c2ccccc2)cc1. The highest BCUT2D eigenvalue weighted by molar-refractivity contribution is 5.30. The van der Waals surface area contributed by atoms with Crippen molar-refractivity contribution in [3.8, 4) is 12.1 Å². The molecule has 0 saturated heterocycles. The van der Waals surface area contributed by atoms with Gasteiger partial charge < -0.3 is 0 Å². The fourth-order valence-corrected chi connectivity index (χ4v) is 2.96. The highest BCUT2D eigenvalue weighted by atomic mass is 14.3. The molecule has 0 fully saturated rings. The first-order valence-electron chi connectivity index (χ1n) is 8.36. The van der Waals surface area contributed by atoms with E-state index < -0.39 is 0 Å². The van der Waals surface area contributed by atoms with Crippen molar-refractivity contribution >= 4 is 0 Å². The Morgan fingerprint density at radius 3 is 2.04 bits per heavy atom. The summed E-state index contributed by atoms with van der Waals surface area (Å²) in [6.45, 7) is 6.58. The first-order valence-corrected chi connectivity index (χ1v) is 8.36. The van der Waals surface area contributed by atoms with Crippen molar-refractivity contribution in [2.24, 2.45) is 5.92 Å². The summed E-state index contributed by atoms with van der Waals surface area (Å²) in [5.41, 5.74) is 3.63. The van der Waals surface area contributed by atoms with E-state index in [4.69, 9.17) is 0 Å². The van der Waals surface area contributed by atoms with Crippen LogP contribution in [0.5, 0.6) is 0 Å². The normalized spacial score (nSPS) is 13.5. The second-order valence-corrected chi connectivity index (χ2v) is 7.27. The number of nitriles is 2. The van der Waals surface area contributed by atoms with E-state index in [0.29, 0.717) is 12.8 Å². The van der Waals surface area contributed by atoms with E-state index in [1.807, 2.05) is 30.3 Å². The van der Waals surface area contributed by atoms with Gasteiger partial charge in [0.05, 0.1) is 18.1 Å². The standard InChI is InChI=1S/C22H24N2/c1-22(2,3)20-11-9-17(10-12-20)15-19(16-24)21(13-14-23)18-7-5-4-6-8-18/h4-12,19,21H,13,15H2,1-3H3. The molecule has 0 saturated carbocycles. The number of hydrogen-bond donors (Lipinski definition) is 0. The zero-order chi connectivity index (χ0) is 17.6. The maximum absolute atomic E-state index is 9.67. The average Bonchev–Trinajstić information content (AvgIpc) is 2.58. The van der Waals surface area contributed by atoms with Crippen molar-refractivity contribution < 1.29 is 0 Å². The van der Waals surface area contributed by atoms with Crippen LogP contribution in [-0.2, 0) is 11.8 Å². The van der Waals surface area contributed by atoms with Crippen LogP contribution in [-0.4, -0.2) is 0 Å². The molecule has 122 valence electrons. The molecule has 2 heteroatoms. The van der Waals surface area contributed by atoms with Crippen molar-refractivity contribution in [1.29, 1.82) is 10.5 Å². The van der Waals surface area contributed by atoms with E-state index in [1.54, 1.807) is 0 Å². The van der Waals surface area contributed by atoms with Crippen molar-refractivity contribution in [2.45, 2.75) is 44.9 Å². The summed E-state index contributed by atoms with van der Waals surface area (Å²) in [7, 11) is 0. The topological polar surface area (TPSA) is 47.6 Å². The molecular formula is C22H24N2. The van der Waals surface area contributed by atoms with Crippen molar-refractivity contribution in [1.82, 2.24) is 0 Å². The van der Waals surface area contributed by atoms with Gasteiger partial charge in [0.1, 0.15) is 0 Å². The van der Waals surface area contributed by atoms with Gasteiger partial charge in [-0.15, -0.1) is 0 Å². The molecule has 24 heavy (non-hydrogen) atoms. The van der Waals surface area contributed by atoms with Crippen LogP contribution in [0.15, 0.2) is 54.6 Å². The molecule has 0 N–H and O–H groups in total. The van der Waals surface area contributed by atoms with Crippen LogP contribution in [0.1, 0.15) is 49.8 Å². The molecule has 2 nitrogen and oxygen atoms in total. The molecule has 0 spiro atoms. The van der Waals surface area contributed by atoms with Gasteiger partial charge in [0.2, 0.25) is 0 Å². The summed E-state index contributed by atoms with van der Waals surface area (Å²) >= 11 is 0. The van der Waals surface area contributed by atoms with Crippen molar-refractivity contribution in [3.05, 3.63) is 71.3 Å². The minimum Gasteiger partial charge on any atom is -0.198 e. The zero-order valence-electron chi connectivity index (χ0n) is 14.7. The molecule has 0 radical (unpaired) electrons. The second-order valence-electron chi connectivity index (χ2n) is 7.27. The van der Waals surface area contributed by atoms with Gasteiger partial charge in [-0.3, -0.25) is 0 Å². The second kappa shape index (κ2) is 7.80. The van der Waals surface area contributed by atoms with Gasteiger partial charge in [-0.05, 0) is 28.5 Å². The van der Waals surface area contributed by atoms with Gasteiger partial charge in [0.25, 0.3) is 0 Å². The van der Waals surface area contributed by atoms with E-state index in [2.05, 4.69) is 57.2 Å². The Labute approximate surface area is 145 Å². The predicted molar refractivity (Wildman–Crippen MR) is 97.4 cm³/mol. The monoisotopic (exact) mass is 316 g/mol. The molecule has 2 aromatic carbocycles. The maximum atomic E-state index is 9.67. The van der Waals surface area contributed by atoms with E-state index in [1.165, 1.54) is 5.56 Å². The van der Waals surface area contributed by atoms with E-state index >= 15 is 0 Å². The summed E-state index contributed by atoms with van der Waals surface area (Å²) in [5, 5.41) is 18.8. The molecule has 0 aromatic heterocycles. The third kappa shape index (κ3) is 4.46. The maximum Gasteiger partial charge on any atom is 0.0666 e. The molecular weight excluding hydrogens is 292 g/mol. The molecule has 0 aliphatic rings. The fraction of sp³-hybridized carbons (Fsp3) is 0.364. The van der Waals surface area contributed by atoms with Gasteiger partial charge >= 0.3 is 0 Å². The molecule has 2 unspecified atom stereocenters. The molecule has 2 atom stereocenters. The van der Waals surface area contributed by atoms with E-state index in [9.17, 15) is 10.5 Å². The lowest BCUT2D eigenvalue weighted by molar-refractivity contribution is 0.521. The van der Waals surface area contributed by atoms with Gasteiger partial charge in [0, 0.05) is 12.3 Å². The van der Waals surface area contributed by atoms with Crippen LogP contribution in [0.3, 0.4) is 0 Å². The lowest BCUT2D eigenvalue weighted by Gasteiger charge is -2.22. The summed E-state index contributed by atoms with van der Waals surface area (Å²) < 4.78 is 0. The Hall–Kier alpha value is -2.58. The van der Waals surface area contributed by atoms with Gasteiger partial charge in [-0.25, -0.2) is 0 Å². The quantitative estimate of drug-likeness (QED) is 0.745. The van der Waals surface area contributed by atoms with E-state index in [0.717, 1.165) is 11.1 Å². The largest absolute Gasteiger partial charge is 0.198 e. The highest BCUT2D eigenvalue weighted by Gasteiger charge is 2.23. The van der Waals surface area contributed by atoms with Crippen LogP contribution in [0, 0.1) is 28.6 Å². The lowest BCUT2D eigenvalue weighted by atomic mass is 9.80. The first-order chi connectivity index (χ1) is 11.5. The Balaban J connectivity index is 2.21. The molecule has 0 aliphatic heterocycles. The molecule has 0 amide bonds. The smallest absolute Gasteiger partial charge is 0.0666 e. The summed E-state index contributed by atoms with van der Waals surface area (Å²) in [4.78, 5) is 0. The Bertz CT molecular complexity index is 725. The van der Waals surface area contributed by atoms with Gasteiger partial charge in [0.15, 0.2) is 0 Å². The Morgan fingerprint density at radius 2 is 1.54 bits per heavy atom. The van der Waals surface area contributed by atoms with Gasteiger partial charge in [-0.1, -0.05) is 75.4 Å². The van der Waals surface area contributed by atoms with Crippen LogP contribution < -0.4 is 0 Å². The molecule has 2 rings (SSSR count). The third-order valence-electron chi connectivity index (χ3n) is 4.47. The van der Waals surface area contributed by atoms with Gasteiger partial charge in [-0.2, -0.15) is 10.5 Å². The molecule has 0 aliphatic carbocycles. The zero-order valence-corrected chi connectivity index (χ0v) is 14.7. The van der Waals surface area contributed by atoms with Crippen LogP contribution in [0.25, 0.3) is 0 Å². The van der Waals surface area contributed by atoms with Crippen molar-refractivity contribution in [3.63, 3.8) is 0 Å². The Morgan fingerprint density at radius 1 is 0.917 bits per heavy atom. The molecule has 0 bridgehead atoms. The fourth-order valence-electron chi connectivity index (χ4n) is 2.96. The number of rotatable bonds is 5. The number of hydrogen-bond acceptors (Lipinski definition) is 2. The average molecular weight is 316 g/mol. The number of benzene rings is 2. The van der Waals surface area contributed by atoms with Crippen LogP contribution >= 0.6 is 0 Å². The van der Waals surface area contributed by atoms with Crippen LogP contribution in [0.2, 0.25) is 0 Å². The molecule has 0 heterocycles. The summed E-state index contributed by atoms with van der Waals surface area (Å²) in [5.74, 6) is -0.254. The minimum absolute atomic E-state index is 0.0523. The van der Waals surface area contributed by atoms with Crippen LogP contribution in [0.4, 0.5) is 0 Å².